The summed E-state index contributed by atoms with van der Waals surface area (Å²) in [6.45, 7) is 0.355. The average molecular weight is 531 g/mol. The maximum absolute atomic E-state index is 12.3. The third kappa shape index (κ3) is 8.96. The van der Waals surface area contributed by atoms with Crippen molar-refractivity contribution in [3.8, 4) is 0 Å². The smallest absolute Gasteiger partial charge is 0.550 e. The number of carboxylic acid groups (broad SMARTS) is 2. The van der Waals surface area contributed by atoms with Gasteiger partial charge in [-0.1, -0.05) is 0 Å². The number of nitrogens with zero attached hydrogens (tertiary/aromatic N) is 5. The van der Waals surface area contributed by atoms with Crippen molar-refractivity contribution < 1.29 is 127 Å². The van der Waals surface area contributed by atoms with Crippen molar-refractivity contribution in [3.05, 3.63) is 41.7 Å². The first-order valence-corrected chi connectivity index (χ1v) is 9.71. The fraction of sp³-hybridized carbons (Fsp3) is 0.250. The summed E-state index contributed by atoms with van der Waals surface area (Å²) in [6, 6.07) is 4.89. The van der Waals surface area contributed by atoms with E-state index in [1.165, 1.54) is 12.1 Å². The van der Waals surface area contributed by atoms with Crippen LogP contribution >= 0.6 is 0 Å². The molecule has 0 spiro atoms. The summed E-state index contributed by atoms with van der Waals surface area (Å²) < 4.78 is 0. The molecule has 0 fully saturated rings. The SMILES string of the molecule is CN(Cc1cnc2nc(N)nc(N)c2n1)c1ccc(C(=O)N[C@@H](CCC(=O)[O-])C(=O)[O-])cc1.[K+].[K+]. The molecule has 35 heavy (non-hydrogen) atoms. The predicted octanol–water partition coefficient (Wildman–Crippen LogP) is -8.39. The minimum atomic E-state index is -1.58. The number of aromatic nitrogens is 4. The molecule has 1 aromatic carbocycles. The summed E-state index contributed by atoms with van der Waals surface area (Å²) in [7, 11) is 1.80. The summed E-state index contributed by atoms with van der Waals surface area (Å²) in [5.74, 6) is -3.54. The van der Waals surface area contributed by atoms with E-state index in [9.17, 15) is 24.6 Å². The number of benzene rings is 1. The number of carbonyl (C=O) groups excluding carboxylic acids is 3. The molecule has 0 unspecified atom stereocenters. The van der Waals surface area contributed by atoms with Gasteiger partial charge in [0, 0.05) is 24.3 Å². The zero-order valence-electron chi connectivity index (χ0n) is 19.5. The van der Waals surface area contributed by atoms with E-state index in [0.717, 1.165) is 5.69 Å². The number of aliphatic carboxylic acids is 2. The standard InChI is InChI=1S/C20H22N8O5.2K/c1-28(9-11-8-23-17-15(24-11)16(21)26-20(22)27-17)12-4-2-10(3-5-12)18(31)25-13(19(32)33)6-7-14(29)30;;/h2-5,8,13H,6-7,9H2,1H3,(H,25,31)(H,29,30)(H,32,33)(H4,21,22,23,26,27);;/q;2*+1/p-2/t13-;;/m0../s1. The van der Waals surface area contributed by atoms with Crippen LogP contribution in [0.1, 0.15) is 28.9 Å². The topological polar surface area (TPSA) is 216 Å². The molecule has 3 rings (SSSR count). The third-order valence-corrected chi connectivity index (χ3v) is 4.70. The Labute approximate surface area is 285 Å². The summed E-state index contributed by atoms with van der Waals surface area (Å²) in [5, 5.41) is 23.9. The maximum Gasteiger partial charge on any atom is 1.00 e. The fourth-order valence-corrected chi connectivity index (χ4v) is 3.01. The van der Waals surface area contributed by atoms with E-state index in [-0.39, 0.29) is 132 Å². The van der Waals surface area contributed by atoms with Crippen LogP contribution in [0.4, 0.5) is 17.5 Å². The van der Waals surface area contributed by atoms with Crippen molar-refractivity contribution in [3.63, 3.8) is 0 Å². The third-order valence-electron chi connectivity index (χ3n) is 4.70. The van der Waals surface area contributed by atoms with Gasteiger partial charge in [0.15, 0.2) is 17.0 Å². The normalized spacial score (nSPS) is 11.0. The van der Waals surface area contributed by atoms with Crippen molar-refractivity contribution in [1.29, 1.82) is 0 Å². The first kappa shape index (κ1) is 31.8. The van der Waals surface area contributed by atoms with Crippen molar-refractivity contribution in [1.82, 2.24) is 25.3 Å². The maximum atomic E-state index is 12.3. The zero-order valence-corrected chi connectivity index (χ0v) is 25.8. The number of nitrogens with one attached hydrogen (secondary N) is 1. The molecule has 172 valence electrons. The van der Waals surface area contributed by atoms with Gasteiger partial charge in [-0.3, -0.25) is 4.79 Å². The van der Waals surface area contributed by atoms with Crippen molar-refractivity contribution in [2.24, 2.45) is 0 Å². The molecular weight excluding hydrogens is 510 g/mol. The van der Waals surface area contributed by atoms with Crippen LogP contribution in [0.5, 0.6) is 0 Å². The average Bonchev–Trinajstić information content (AvgIpc) is 2.76. The van der Waals surface area contributed by atoms with Gasteiger partial charge >= 0.3 is 103 Å². The van der Waals surface area contributed by atoms with Crippen LogP contribution in [-0.4, -0.2) is 50.9 Å². The Kier molecular flexibility index (Phi) is 13.1. The van der Waals surface area contributed by atoms with E-state index < -0.39 is 30.3 Å². The minimum Gasteiger partial charge on any atom is -0.550 e. The van der Waals surface area contributed by atoms with Crippen LogP contribution in [0.3, 0.4) is 0 Å². The minimum absolute atomic E-state index is 0. The Balaban J connectivity index is 0.00000306. The fourth-order valence-electron chi connectivity index (χ4n) is 3.01. The van der Waals surface area contributed by atoms with Crippen LogP contribution in [0, 0.1) is 0 Å². The Morgan fingerprint density at radius 3 is 2.31 bits per heavy atom. The number of hydrogen-bond donors (Lipinski definition) is 3. The number of carboxylic acids is 2. The summed E-state index contributed by atoms with van der Waals surface area (Å²) in [6.07, 6.45) is 0.677. The number of hydrogen-bond acceptors (Lipinski definition) is 12. The number of fused-ring (bicyclic) bond motifs is 1. The first-order chi connectivity index (χ1) is 15.6. The van der Waals surface area contributed by atoms with E-state index in [0.29, 0.717) is 17.8 Å². The number of carbonyl (C=O) groups is 3. The Morgan fingerprint density at radius 1 is 1.06 bits per heavy atom. The summed E-state index contributed by atoms with van der Waals surface area (Å²) >= 11 is 0. The number of amides is 1. The number of rotatable bonds is 9. The van der Waals surface area contributed by atoms with Gasteiger partial charge in [-0.25, -0.2) is 9.97 Å². The van der Waals surface area contributed by atoms with Crippen molar-refractivity contribution in [2.75, 3.05) is 23.4 Å². The molecule has 1 atom stereocenters. The van der Waals surface area contributed by atoms with Gasteiger partial charge in [0.2, 0.25) is 5.95 Å². The molecule has 0 bridgehead atoms. The molecule has 0 radical (unpaired) electrons. The Morgan fingerprint density at radius 2 is 1.71 bits per heavy atom. The zero-order chi connectivity index (χ0) is 24.1. The van der Waals surface area contributed by atoms with E-state index in [4.69, 9.17) is 11.5 Å². The largest absolute Gasteiger partial charge is 1.00 e. The van der Waals surface area contributed by atoms with Crippen LogP contribution in [-0.2, 0) is 16.1 Å². The van der Waals surface area contributed by atoms with Crippen LogP contribution < -0.4 is 135 Å². The molecule has 0 aliphatic heterocycles. The van der Waals surface area contributed by atoms with E-state index in [1.807, 2.05) is 4.90 Å². The Hall–Kier alpha value is -1.28. The van der Waals surface area contributed by atoms with E-state index >= 15 is 0 Å². The van der Waals surface area contributed by atoms with E-state index in [2.05, 4.69) is 25.3 Å². The van der Waals surface area contributed by atoms with Crippen molar-refractivity contribution >= 4 is 46.5 Å². The molecule has 0 aliphatic rings. The monoisotopic (exact) mass is 530 g/mol. The quantitative estimate of drug-likeness (QED) is 0.220. The molecule has 2 aromatic heterocycles. The molecule has 15 heteroatoms. The van der Waals surface area contributed by atoms with Crippen molar-refractivity contribution in [2.45, 2.75) is 25.4 Å². The molecule has 0 saturated heterocycles. The number of nitrogens with two attached hydrogens (primary N) is 2. The van der Waals surface area contributed by atoms with Gasteiger partial charge in [0.05, 0.1) is 30.4 Å². The summed E-state index contributed by atoms with van der Waals surface area (Å²) in [4.78, 5) is 52.3. The predicted molar refractivity (Wildman–Crippen MR) is 113 cm³/mol. The van der Waals surface area contributed by atoms with Crippen LogP contribution in [0.15, 0.2) is 30.5 Å². The number of anilines is 3. The molecule has 13 nitrogen and oxygen atoms in total. The summed E-state index contributed by atoms with van der Waals surface area (Å²) in [5.41, 5.74) is 13.6. The van der Waals surface area contributed by atoms with Gasteiger partial charge in [-0.15, -0.1) is 0 Å². The first-order valence-electron chi connectivity index (χ1n) is 9.71. The van der Waals surface area contributed by atoms with Gasteiger partial charge in [-0.2, -0.15) is 9.97 Å². The van der Waals surface area contributed by atoms with E-state index in [1.54, 1.807) is 25.4 Å². The molecule has 5 N–H and O–H groups in total. The molecule has 0 aliphatic carbocycles. The van der Waals surface area contributed by atoms with Gasteiger partial charge in [0.1, 0.15) is 0 Å². The Bertz CT molecular complexity index is 1210. The molecule has 3 aromatic rings. The molecule has 0 saturated carbocycles. The van der Waals surface area contributed by atoms with Crippen LogP contribution in [0.2, 0.25) is 0 Å². The molecule has 2 heterocycles. The van der Waals surface area contributed by atoms with Gasteiger partial charge in [-0.05, 0) is 37.1 Å². The molecule has 1 amide bonds. The van der Waals surface area contributed by atoms with Gasteiger partial charge in [0.25, 0.3) is 5.91 Å². The van der Waals surface area contributed by atoms with Gasteiger partial charge < -0.3 is 41.5 Å². The second kappa shape index (κ2) is 14.5. The second-order valence-electron chi connectivity index (χ2n) is 7.16. The molecular formula is C20H20K2N8O5. The van der Waals surface area contributed by atoms with Crippen LogP contribution in [0.25, 0.3) is 11.2 Å². The number of nitrogen functional groups attached to an aromatic ring is 2. The second-order valence-corrected chi connectivity index (χ2v) is 7.16.